The lowest BCUT2D eigenvalue weighted by molar-refractivity contribution is 0.145. The van der Waals surface area contributed by atoms with Gasteiger partial charge in [-0.1, -0.05) is 66.7 Å². The first-order valence-corrected chi connectivity index (χ1v) is 14.1. The van der Waals surface area contributed by atoms with Gasteiger partial charge in [0, 0.05) is 41.8 Å². The minimum absolute atomic E-state index is 0.393. The number of allylic oxidation sites excluding steroid dienone is 2. The van der Waals surface area contributed by atoms with Crippen LogP contribution in [0.1, 0.15) is 25.0 Å². The summed E-state index contributed by atoms with van der Waals surface area (Å²) in [6.45, 7) is 5.61. The SMILES string of the molecule is C/C=C(\C)S(=O)N(Cc1ccccc1)Cc1ccc(-c2ccccc2S(C)=O)cc1OCCOC. The van der Waals surface area contributed by atoms with E-state index in [0.717, 1.165) is 32.1 Å². The summed E-state index contributed by atoms with van der Waals surface area (Å²) < 4.78 is 38.9. The van der Waals surface area contributed by atoms with Gasteiger partial charge in [0.25, 0.3) is 0 Å². The average Bonchev–Trinajstić information content (AvgIpc) is 2.88. The number of nitrogens with zero attached hydrogens (tertiary/aromatic N) is 1. The van der Waals surface area contributed by atoms with Crippen molar-refractivity contribution in [3.8, 4) is 16.9 Å². The fraction of sp³-hybridized carbons (Fsp3) is 0.286. The van der Waals surface area contributed by atoms with Gasteiger partial charge in [-0.3, -0.25) is 4.21 Å². The maximum atomic E-state index is 13.3. The second kappa shape index (κ2) is 13.5. The lowest BCUT2D eigenvalue weighted by atomic mass is 10.0. The summed E-state index contributed by atoms with van der Waals surface area (Å²) in [5, 5.41) is 0. The van der Waals surface area contributed by atoms with Crippen LogP contribution in [-0.4, -0.2) is 39.3 Å². The third-order valence-corrected chi connectivity index (χ3v) is 8.07. The second-order valence-corrected chi connectivity index (χ2v) is 11.1. The summed E-state index contributed by atoms with van der Waals surface area (Å²) in [6, 6.07) is 23.7. The molecule has 3 aromatic rings. The Bertz CT molecular complexity index is 1190. The molecule has 0 aliphatic carbocycles. The normalized spacial score (nSPS) is 13.6. The maximum Gasteiger partial charge on any atom is 0.124 e. The van der Waals surface area contributed by atoms with Gasteiger partial charge in [0.2, 0.25) is 0 Å². The second-order valence-electron chi connectivity index (χ2n) is 8.05. The number of benzene rings is 3. The van der Waals surface area contributed by atoms with Crippen molar-refractivity contribution < 1.29 is 17.9 Å². The first-order valence-electron chi connectivity index (χ1n) is 11.5. The Balaban J connectivity index is 2.00. The molecule has 35 heavy (non-hydrogen) atoms. The summed E-state index contributed by atoms with van der Waals surface area (Å²) >= 11 is 0. The minimum atomic E-state index is -1.30. The first kappa shape index (κ1) is 27.0. The van der Waals surface area contributed by atoms with Crippen LogP contribution in [0.4, 0.5) is 0 Å². The lowest BCUT2D eigenvalue weighted by Crippen LogP contribution is -2.26. The van der Waals surface area contributed by atoms with E-state index in [-0.39, 0.29) is 0 Å². The Hall–Kier alpha value is -2.58. The third kappa shape index (κ3) is 7.45. The molecule has 0 heterocycles. The number of hydrogen-bond donors (Lipinski definition) is 0. The van der Waals surface area contributed by atoms with Crippen LogP contribution in [0.5, 0.6) is 5.75 Å². The molecule has 0 N–H and O–H groups in total. The first-order chi connectivity index (χ1) is 16.9. The Kier molecular flexibility index (Phi) is 10.4. The summed E-state index contributed by atoms with van der Waals surface area (Å²) in [5.74, 6) is 0.699. The Morgan fingerprint density at radius 2 is 1.66 bits per heavy atom. The highest BCUT2D eigenvalue weighted by atomic mass is 32.2. The quantitative estimate of drug-likeness (QED) is 0.293. The van der Waals surface area contributed by atoms with Crippen molar-refractivity contribution in [2.45, 2.75) is 31.8 Å². The van der Waals surface area contributed by atoms with Crippen LogP contribution >= 0.6 is 0 Å². The predicted octanol–water partition coefficient (Wildman–Crippen LogP) is 5.71. The minimum Gasteiger partial charge on any atom is -0.491 e. The van der Waals surface area contributed by atoms with Crippen LogP contribution in [0.3, 0.4) is 0 Å². The van der Waals surface area contributed by atoms with Gasteiger partial charge >= 0.3 is 0 Å². The zero-order valence-corrected chi connectivity index (χ0v) is 22.4. The van der Waals surface area contributed by atoms with E-state index in [2.05, 4.69) is 0 Å². The average molecular weight is 512 g/mol. The highest BCUT2D eigenvalue weighted by Gasteiger charge is 2.19. The predicted molar refractivity (Wildman–Crippen MR) is 145 cm³/mol. The van der Waals surface area contributed by atoms with Gasteiger partial charge in [-0.05, 0) is 42.7 Å². The summed E-state index contributed by atoms with van der Waals surface area (Å²) in [4.78, 5) is 1.58. The Labute approximate surface area is 213 Å². The molecular weight excluding hydrogens is 478 g/mol. The van der Waals surface area contributed by atoms with Gasteiger partial charge in [-0.2, -0.15) is 0 Å². The topological polar surface area (TPSA) is 55.8 Å². The molecule has 3 aromatic carbocycles. The van der Waals surface area contributed by atoms with Gasteiger partial charge < -0.3 is 9.47 Å². The molecule has 0 fully saturated rings. The molecule has 7 heteroatoms. The highest BCUT2D eigenvalue weighted by Crippen LogP contribution is 2.32. The van der Waals surface area contributed by atoms with E-state index < -0.39 is 21.8 Å². The molecule has 0 saturated heterocycles. The number of ether oxygens (including phenoxy) is 2. The van der Waals surface area contributed by atoms with E-state index in [9.17, 15) is 8.42 Å². The molecule has 186 valence electrons. The highest BCUT2D eigenvalue weighted by molar-refractivity contribution is 7.86. The van der Waals surface area contributed by atoms with Gasteiger partial charge in [0.05, 0.1) is 17.4 Å². The van der Waals surface area contributed by atoms with Gasteiger partial charge in [-0.15, -0.1) is 0 Å². The largest absolute Gasteiger partial charge is 0.491 e. The van der Waals surface area contributed by atoms with Gasteiger partial charge in [0.1, 0.15) is 23.3 Å². The van der Waals surface area contributed by atoms with E-state index in [1.807, 2.05) is 97.0 Å². The molecule has 2 unspecified atom stereocenters. The standard InChI is InChI=1S/C28H33NO4S2/c1-5-22(2)35(31)29(20-23-11-7-6-8-12-23)21-25-16-15-24(19-27(25)33-18-17-32-3)26-13-9-10-14-28(26)34(4)30/h5-16,19H,17-18,20-21H2,1-4H3/b22-5+. The maximum absolute atomic E-state index is 13.3. The van der Waals surface area contributed by atoms with Crippen molar-refractivity contribution in [1.82, 2.24) is 4.31 Å². The smallest absolute Gasteiger partial charge is 0.124 e. The molecule has 0 aliphatic heterocycles. The van der Waals surface area contributed by atoms with Gasteiger partial charge in [0.15, 0.2) is 0 Å². The van der Waals surface area contributed by atoms with E-state index in [4.69, 9.17) is 9.47 Å². The van der Waals surface area contributed by atoms with Crippen molar-refractivity contribution in [3.63, 3.8) is 0 Å². The van der Waals surface area contributed by atoms with Crippen LogP contribution < -0.4 is 4.74 Å². The molecule has 2 atom stereocenters. The zero-order valence-electron chi connectivity index (χ0n) is 20.7. The summed E-state index contributed by atoms with van der Waals surface area (Å²) in [5.41, 5.74) is 3.84. The Morgan fingerprint density at radius 3 is 2.34 bits per heavy atom. The fourth-order valence-corrected chi connectivity index (χ4v) is 5.53. The van der Waals surface area contributed by atoms with Crippen molar-refractivity contribution in [2.75, 3.05) is 26.6 Å². The zero-order chi connectivity index (χ0) is 25.2. The van der Waals surface area contributed by atoms with Crippen molar-refractivity contribution in [2.24, 2.45) is 0 Å². The molecular formula is C28H33NO4S2. The molecule has 0 saturated carbocycles. The molecule has 5 nitrogen and oxygen atoms in total. The van der Waals surface area contributed by atoms with E-state index in [0.29, 0.717) is 32.1 Å². The van der Waals surface area contributed by atoms with Gasteiger partial charge in [-0.25, -0.2) is 8.51 Å². The molecule has 0 amide bonds. The number of rotatable bonds is 12. The fourth-order valence-electron chi connectivity index (χ4n) is 3.63. The van der Waals surface area contributed by atoms with Crippen molar-refractivity contribution >= 4 is 21.8 Å². The van der Waals surface area contributed by atoms with Crippen LogP contribution in [0.25, 0.3) is 11.1 Å². The number of hydrogen-bond acceptors (Lipinski definition) is 4. The molecule has 0 spiro atoms. The van der Waals surface area contributed by atoms with Crippen molar-refractivity contribution in [3.05, 3.63) is 94.9 Å². The van der Waals surface area contributed by atoms with Crippen LogP contribution in [0.15, 0.2) is 88.7 Å². The third-order valence-electron chi connectivity index (χ3n) is 5.58. The van der Waals surface area contributed by atoms with E-state index in [1.165, 1.54) is 0 Å². The number of methoxy groups -OCH3 is 1. The Morgan fingerprint density at radius 1 is 0.943 bits per heavy atom. The monoisotopic (exact) mass is 511 g/mol. The van der Waals surface area contributed by atoms with Crippen molar-refractivity contribution in [1.29, 1.82) is 0 Å². The lowest BCUT2D eigenvalue weighted by Gasteiger charge is -2.23. The summed E-state index contributed by atoms with van der Waals surface area (Å²) in [7, 11) is -0.779. The van der Waals surface area contributed by atoms with E-state index in [1.54, 1.807) is 13.4 Å². The van der Waals surface area contributed by atoms with Crippen LogP contribution in [0.2, 0.25) is 0 Å². The van der Waals surface area contributed by atoms with Crippen LogP contribution in [-0.2, 0) is 39.6 Å². The molecule has 0 radical (unpaired) electrons. The molecule has 3 rings (SSSR count). The molecule has 0 bridgehead atoms. The molecule has 0 aliphatic rings. The summed E-state index contributed by atoms with van der Waals surface area (Å²) in [6.07, 6.45) is 3.57. The van der Waals surface area contributed by atoms with E-state index >= 15 is 0 Å². The van der Waals surface area contributed by atoms with Crippen LogP contribution in [0, 0.1) is 0 Å². The molecule has 0 aromatic heterocycles.